The molecule has 1 aliphatic rings. The van der Waals surface area contributed by atoms with Crippen LogP contribution >= 0.6 is 23.1 Å². The van der Waals surface area contributed by atoms with Gasteiger partial charge in [0.2, 0.25) is 11.0 Å². The van der Waals surface area contributed by atoms with Gasteiger partial charge >= 0.3 is 5.97 Å². The van der Waals surface area contributed by atoms with E-state index < -0.39 is 5.97 Å². The summed E-state index contributed by atoms with van der Waals surface area (Å²) in [5.74, 6) is -0.388. The number of thioether (sulfide) groups is 1. The van der Waals surface area contributed by atoms with Crippen molar-refractivity contribution in [3.8, 4) is 0 Å². The summed E-state index contributed by atoms with van der Waals surface area (Å²) in [6, 6.07) is 7.39. The summed E-state index contributed by atoms with van der Waals surface area (Å²) in [6.07, 6.45) is 2.34. The van der Waals surface area contributed by atoms with Crippen LogP contribution in [0.5, 0.6) is 0 Å². The van der Waals surface area contributed by atoms with Gasteiger partial charge in [-0.15, -0.1) is 10.2 Å². The molecule has 0 unspecified atom stereocenters. The SMILES string of the molecule is COC(=O)c1ccccc1N(C)C(=O)CSc1nnc(NC2CC2)s1. The molecule has 0 saturated heterocycles. The Morgan fingerprint density at radius 2 is 2.12 bits per heavy atom. The number of nitrogens with zero attached hydrogens (tertiary/aromatic N) is 3. The van der Waals surface area contributed by atoms with Gasteiger partial charge in [0.1, 0.15) is 0 Å². The first kappa shape index (κ1) is 17.7. The lowest BCUT2D eigenvalue weighted by Gasteiger charge is -2.19. The number of para-hydroxylation sites is 1. The molecule has 1 fully saturated rings. The zero-order valence-electron chi connectivity index (χ0n) is 13.9. The van der Waals surface area contributed by atoms with Crippen molar-refractivity contribution in [1.82, 2.24) is 10.2 Å². The predicted octanol–water partition coefficient (Wildman–Crippen LogP) is 2.65. The first-order valence-corrected chi connectivity index (χ1v) is 9.55. The number of carbonyl (C=O) groups excluding carboxylic acids is 2. The van der Waals surface area contributed by atoms with Gasteiger partial charge in [-0.2, -0.15) is 0 Å². The number of anilines is 2. The number of benzene rings is 1. The molecular weight excluding hydrogens is 360 g/mol. The average molecular weight is 378 g/mol. The highest BCUT2D eigenvalue weighted by Crippen LogP contribution is 2.30. The minimum atomic E-state index is -0.470. The lowest BCUT2D eigenvalue weighted by Crippen LogP contribution is -2.29. The third kappa shape index (κ3) is 4.49. The van der Waals surface area contributed by atoms with Crippen molar-refractivity contribution in [2.75, 3.05) is 30.1 Å². The van der Waals surface area contributed by atoms with E-state index in [0.717, 1.165) is 9.47 Å². The van der Waals surface area contributed by atoms with Crippen LogP contribution in [-0.2, 0) is 9.53 Å². The maximum absolute atomic E-state index is 12.5. The fourth-order valence-corrected chi connectivity index (χ4v) is 3.87. The van der Waals surface area contributed by atoms with E-state index >= 15 is 0 Å². The third-order valence-corrected chi connectivity index (χ3v) is 5.65. The highest BCUT2D eigenvalue weighted by molar-refractivity contribution is 8.01. The predicted molar refractivity (Wildman–Crippen MR) is 98.5 cm³/mol. The Labute approximate surface area is 153 Å². The van der Waals surface area contributed by atoms with Gasteiger partial charge in [0.05, 0.1) is 24.1 Å². The van der Waals surface area contributed by atoms with Crippen molar-refractivity contribution in [2.45, 2.75) is 23.2 Å². The quantitative estimate of drug-likeness (QED) is 0.586. The van der Waals surface area contributed by atoms with Crippen LogP contribution in [0.1, 0.15) is 23.2 Å². The average Bonchev–Trinajstić information content (AvgIpc) is 3.34. The molecule has 0 atom stereocenters. The van der Waals surface area contributed by atoms with Crippen molar-refractivity contribution >= 4 is 45.8 Å². The normalized spacial score (nSPS) is 13.4. The Bertz CT molecular complexity index is 776. The van der Waals surface area contributed by atoms with Crippen LogP contribution in [-0.4, -0.2) is 48.0 Å². The molecular formula is C16H18N4O3S2. The minimum Gasteiger partial charge on any atom is -0.465 e. The molecule has 25 heavy (non-hydrogen) atoms. The lowest BCUT2D eigenvalue weighted by atomic mass is 10.1. The molecule has 0 aliphatic heterocycles. The minimum absolute atomic E-state index is 0.131. The Balaban J connectivity index is 1.61. The standard InChI is InChI=1S/C16H18N4O3S2/c1-20(12-6-4-3-5-11(12)14(22)23-2)13(21)9-24-16-19-18-15(25-16)17-10-7-8-10/h3-6,10H,7-9H2,1-2H3,(H,17,18). The summed E-state index contributed by atoms with van der Waals surface area (Å²) >= 11 is 2.78. The van der Waals surface area contributed by atoms with E-state index in [1.165, 1.54) is 48.0 Å². The Hall–Kier alpha value is -2.13. The topological polar surface area (TPSA) is 84.4 Å². The molecule has 2 aromatic rings. The van der Waals surface area contributed by atoms with Crippen LogP contribution in [0.2, 0.25) is 0 Å². The van der Waals surface area contributed by atoms with E-state index in [4.69, 9.17) is 4.74 Å². The highest BCUT2D eigenvalue weighted by atomic mass is 32.2. The number of carbonyl (C=O) groups is 2. The Morgan fingerprint density at radius 3 is 2.84 bits per heavy atom. The molecule has 1 heterocycles. The smallest absolute Gasteiger partial charge is 0.339 e. The zero-order chi connectivity index (χ0) is 17.8. The van der Waals surface area contributed by atoms with Gasteiger partial charge in [-0.3, -0.25) is 4.79 Å². The molecule has 0 radical (unpaired) electrons. The molecule has 7 nitrogen and oxygen atoms in total. The number of nitrogens with one attached hydrogen (secondary N) is 1. The molecule has 3 rings (SSSR count). The lowest BCUT2D eigenvalue weighted by molar-refractivity contribution is -0.115. The summed E-state index contributed by atoms with van der Waals surface area (Å²) in [5.41, 5.74) is 0.881. The molecule has 0 spiro atoms. The first-order valence-electron chi connectivity index (χ1n) is 7.75. The molecule has 1 aromatic carbocycles. The van der Waals surface area contributed by atoms with E-state index in [2.05, 4.69) is 15.5 Å². The maximum Gasteiger partial charge on any atom is 0.339 e. The van der Waals surface area contributed by atoms with Crippen molar-refractivity contribution in [2.24, 2.45) is 0 Å². The molecule has 1 aromatic heterocycles. The Morgan fingerprint density at radius 1 is 1.36 bits per heavy atom. The molecule has 132 valence electrons. The fourth-order valence-electron chi connectivity index (χ4n) is 2.13. The molecule has 1 amide bonds. The number of aromatic nitrogens is 2. The monoisotopic (exact) mass is 378 g/mol. The number of ether oxygens (including phenoxy) is 1. The number of hydrogen-bond acceptors (Lipinski definition) is 8. The molecule has 1 aliphatic carbocycles. The second-order valence-corrected chi connectivity index (χ2v) is 7.74. The van der Waals surface area contributed by atoms with Crippen molar-refractivity contribution in [3.63, 3.8) is 0 Å². The summed E-state index contributed by atoms with van der Waals surface area (Å²) in [5, 5.41) is 12.2. The van der Waals surface area contributed by atoms with E-state index in [1.807, 2.05) is 0 Å². The van der Waals surface area contributed by atoms with E-state index in [-0.39, 0.29) is 11.7 Å². The van der Waals surface area contributed by atoms with Crippen molar-refractivity contribution in [3.05, 3.63) is 29.8 Å². The van der Waals surface area contributed by atoms with Crippen LogP contribution in [0.3, 0.4) is 0 Å². The van der Waals surface area contributed by atoms with Crippen LogP contribution < -0.4 is 10.2 Å². The summed E-state index contributed by atoms with van der Waals surface area (Å²) in [7, 11) is 2.96. The van der Waals surface area contributed by atoms with E-state index in [9.17, 15) is 9.59 Å². The van der Waals surface area contributed by atoms with Crippen molar-refractivity contribution in [1.29, 1.82) is 0 Å². The second kappa shape index (κ2) is 7.83. The van der Waals surface area contributed by atoms with Crippen LogP contribution in [0.25, 0.3) is 0 Å². The highest BCUT2D eigenvalue weighted by Gasteiger charge is 2.23. The number of amides is 1. The number of methoxy groups -OCH3 is 1. The van der Waals surface area contributed by atoms with Gasteiger partial charge < -0.3 is 15.0 Å². The van der Waals surface area contributed by atoms with E-state index in [0.29, 0.717) is 17.3 Å². The van der Waals surface area contributed by atoms with Gasteiger partial charge in [0.15, 0.2) is 4.34 Å². The summed E-state index contributed by atoms with van der Waals surface area (Å²) in [4.78, 5) is 25.8. The largest absolute Gasteiger partial charge is 0.465 e. The fraction of sp³-hybridized carbons (Fsp3) is 0.375. The molecule has 1 saturated carbocycles. The Kier molecular flexibility index (Phi) is 5.54. The van der Waals surface area contributed by atoms with E-state index in [1.54, 1.807) is 31.3 Å². The van der Waals surface area contributed by atoms with Gasteiger partial charge in [-0.25, -0.2) is 4.79 Å². The number of hydrogen-bond donors (Lipinski definition) is 1. The maximum atomic E-state index is 12.5. The van der Waals surface area contributed by atoms with Gasteiger partial charge in [0.25, 0.3) is 0 Å². The summed E-state index contributed by atoms with van der Waals surface area (Å²) < 4.78 is 5.51. The number of esters is 1. The summed E-state index contributed by atoms with van der Waals surface area (Å²) in [6.45, 7) is 0. The first-order chi connectivity index (χ1) is 12.1. The van der Waals surface area contributed by atoms with Gasteiger partial charge in [-0.05, 0) is 25.0 Å². The number of rotatable bonds is 7. The van der Waals surface area contributed by atoms with Crippen molar-refractivity contribution < 1.29 is 14.3 Å². The third-order valence-electron chi connectivity index (χ3n) is 3.68. The molecule has 9 heteroatoms. The molecule has 1 N–H and O–H groups in total. The van der Waals surface area contributed by atoms with Gasteiger partial charge in [0, 0.05) is 13.1 Å². The molecule has 0 bridgehead atoms. The van der Waals surface area contributed by atoms with Gasteiger partial charge in [-0.1, -0.05) is 35.2 Å². The zero-order valence-corrected chi connectivity index (χ0v) is 15.5. The second-order valence-electron chi connectivity index (χ2n) is 5.54. The van der Waals surface area contributed by atoms with Crippen LogP contribution in [0, 0.1) is 0 Å². The van der Waals surface area contributed by atoms with Crippen LogP contribution in [0.15, 0.2) is 28.6 Å². The van der Waals surface area contributed by atoms with Crippen LogP contribution in [0.4, 0.5) is 10.8 Å².